The lowest BCUT2D eigenvalue weighted by atomic mass is 9.67. The van der Waals surface area contributed by atoms with E-state index in [0.29, 0.717) is 24.5 Å². The van der Waals surface area contributed by atoms with Crippen LogP contribution in [-0.4, -0.2) is 48.2 Å². The fraction of sp³-hybridized carbons (Fsp3) is 0.393. The number of aliphatic hydroxyl groups excluding tert-OH is 1. The summed E-state index contributed by atoms with van der Waals surface area (Å²) in [6.07, 6.45) is 1.50. The summed E-state index contributed by atoms with van der Waals surface area (Å²) < 4.78 is 50.3. The van der Waals surface area contributed by atoms with Gasteiger partial charge >= 0.3 is 0 Å². The van der Waals surface area contributed by atoms with Crippen LogP contribution in [0.25, 0.3) is 0 Å². The predicted octanol–water partition coefficient (Wildman–Crippen LogP) is 5.54. The van der Waals surface area contributed by atoms with Gasteiger partial charge in [-0.3, -0.25) is 4.79 Å². The summed E-state index contributed by atoms with van der Waals surface area (Å²) in [5, 5.41) is 10.7. The van der Waals surface area contributed by atoms with Crippen molar-refractivity contribution in [2.45, 2.75) is 43.4 Å². The minimum absolute atomic E-state index is 0.0249. The fourth-order valence-corrected chi connectivity index (χ4v) is 4.85. The second-order valence-electron chi connectivity index (χ2n) is 9.06. The van der Waals surface area contributed by atoms with E-state index in [2.05, 4.69) is 4.90 Å². The number of piperidine rings is 1. The number of hydrogen-bond donors (Lipinski definition) is 1. The van der Waals surface area contributed by atoms with Crippen molar-refractivity contribution in [3.8, 4) is 5.75 Å². The van der Waals surface area contributed by atoms with Crippen LogP contribution in [0.4, 0.5) is 13.2 Å². The number of aliphatic hydroxyl groups is 1. The van der Waals surface area contributed by atoms with E-state index >= 15 is 8.78 Å². The molecule has 3 unspecified atom stereocenters. The Hall–Kier alpha value is -2.90. The quantitative estimate of drug-likeness (QED) is 0.474. The predicted molar refractivity (Wildman–Crippen MR) is 128 cm³/mol. The topological polar surface area (TPSA) is 49.8 Å². The van der Waals surface area contributed by atoms with Gasteiger partial charge in [0.2, 0.25) is 0 Å². The van der Waals surface area contributed by atoms with Gasteiger partial charge in [-0.2, -0.15) is 0 Å². The number of Topliss-reactive ketones (excluding diaryl/α,β-unsaturated/α-hetero) is 1. The molecule has 0 aromatic heterocycles. The maximum atomic E-state index is 15.4. The Bertz CT molecular complexity index is 1060. The Morgan fingerprint density at radius 2 is 1.74 bits per heavy atom. The van der Waals surface area contributed by atoms with Crippen molar-refractivity contribution in [2.24, 2.45) is 0 Å². The van der Waals surface area contributed by atoms with Crippen LogP contribution in [0.2, 0.25) is 0 Å². The first kappa shape index (κ1) is 25.2. The van der Waals surface area contributed by atoms with Gasteiger partial charge in [0.05, 0.1) is 6.61 Å². The van der Waals surface area contributed by atoms with E-state index < -0.39 is 35.1 Å². The molecule has 4 nitrogen and oxygen atoms in total. The number of benzene rings is 2. The average molecular weight is 486 g/mol. The molecule has 1 saturated heterocycles. The average Bonchev–Trinajstić information content (AvgIpc) is 2.87. The summed E-state index contributed by atoms with van der Waals surface area (Å²) in [6, 6.07) is 13.8. The zero-order chi connectivity index (χ0) is 24.8. The van der Waals surface area contributed by atoms with E-state index in [1.54, 1.807) is 18.2 Å². The molecule has 4 rings (SSSR count). The van der Waals surface area contributed by atoms with E-state index in [4.69, 9.17) is 4.74 Å². The highest BCUT2D eigenvalue weighted by Gasteiger charge is 2.55. The molecule has 1 fully saturated rings. The summed E-state index contributed by atoms with van der Waals surface area (Å²) in [4.78, 5) is 15.8. The highest BCUT2D eigenvalue weighted by atomic mass is 19.2. The van der Waals surface area contributed by atoms with Crippen LogP contribution in [0.3, 0.4) is 0 Å². The lowest BCUT2D eigenvalue weighted by molar-refractivity contribution is -0.134. The Kier molecular flexibility index (Phi) is 8.08. The highest BCUT2D eigenvalue weighted by Crippen LogP contribution is 2.46. The summed E-state index contributed by atoms with van der Waals surface area (Å²) in [5.74, 6) is -3.01. The third-order valence-corrected chi connectivity index (χ3v) is 6.76. The summed E-state index contributed by atoms with van der Waals surface area (Å²) in [5.41, 5.74) is -2.33. The minimum Gasteiger partial charge on any atom is -0.494 e. The number of hydrogen-bond acceptors (Lipinski definition) is 4. The van der Waals surface area contributed by atoms with Crippen molar-refractivity contribution in [3.63, 3.8) is 0 Å². The van der Waals surface area contributed by atoms with Gasteiger partial charge in [0.25, 0.3) is 0 Å². The standard InChI is InChI=1S/C28H30F3NO3/c29-22-18-24(30)28(25(31)19-22,27(34)26(33)20-8-3-1-4-9-20)21-10-12-23(13-11-21)35-17-7-16-32-14-5-2-6-15-32/h1,3-4,8-13,18-19,24,26,33H,2,5-7,14-17H2. The van der Waals surface area contributed by atoms with Gasteiger partial charge in [0.1, 0.15) is 35.1 Å². The molecule has 2 aliphatic rings. The van der Waals surface area contributed by atoms with Crippen molar-refractivity contribution >= 4 is 5.78 Å². The number of carbonyl (C=O) groups excluding carboxylic acids is 1. The molecule has 1 heterocycles. The molecule has 3 atom stereocenters. The van der Waals surface area contributed by atoms with Gasteiger partial charge in [0, 0.05) is 12.6 Å². The van der Waals surface area contributed by atoms with Gasteiger partial charge in [-0.1, -0.05) is 48.9 Å². The van der Waals surface area contributed by atoms with Crippen molar-refractivity contribution in [2.75, 3.05) is 26.2 Å². The molecule has 7 heteroatoms. The Morgan fingerprint density at radius 3 is 2.40 bits per heavy atom. The number of nitrogens with zero attached hydrogens (tertiary/aromatic N) is 1. The minimum atomic E-state index is -2.50. The number of allylic oxidation sites excluding steroid dienone is 4. The van der Waals surface area contributed by atoms with Crippen molar-refractivity contribution in [1.29, 1.82) is 0 Å². The maximum absolute atomic E-state index is 15.4. The molecule has 1 N–H and O–H groups in total. The molecule has 0 bridgehead atoms. The van der Waals surface area contributed by atoms with Crippen LogP contribution in [0.5, 0.6) is 5.75 Å². The molecular weight excluding hydrogens is 455 g/mol. The van der Waals surface area contributed by atoms with E-state index in [1.807, 2.05) is 0 Å². The molecular formula is C28H30F3NO3. The lowest BCUT2D eigenvalue weighted by Gasteiger charge is -2.36. The molecule has 0 spiro atoms. The van der Waals surface area contributed by atoms with E-state index in [1.165, 1.54) is 55.7 Å². The third kappa shape index (κ3) is 5.36. The monoisotopic (exact) mass is 485 g/mol. The highest BCUT2D eigenvalue weighted by molar-refractivity contribution is 5.98. The Labute approximate surface area is 203 Å². The first-order valence-corrected chi connectivity index (χ1v) is 12.0. The van der Waals surface area contributed by atoms with E-state index in [-0.39, 0.29) is 11.1 Å². The first-order chi connectivity index (χ1) is 16.9. The first-order valence-electron chi connectivity index (χ1n) is 12.0. The van der Waals surface area contributed by atoms with Crippen molar-refractivity contribution in [3.05, 3.63) is 89.5 Å². The van der Waals surface area contributed by atoms with Crippen LogP contribution in [0.15, 0.2) is 78.4 Å². The number of halogens is 3. The molecule has 2 aromatic carbocycles. The van der Waals surface area contributed by atoms with Crippen molar-refractivity contribution < 1.29 is 27.8 Å². The van der Waals surface area contributed by atoms with E-state index in [9.17, 15) is 14.3 Å². The van der Waals surface area contributed by atoms with E-state index in [0.717, 1.165) is 26.1 Å². The van der Waals surface area contributed by atoms with Crippen LogP contribution >= 0.6 is 0 Å². The lowest BCUT2D eigenvalue weighted by Crippen LogP contribution is -2.48. The summed E-state index contributed by atoms with van der Waals surface area (Å²) in [6.45, 7) is 3.65. The van der Waals surface area contributed by atoms with Gasteiger partial charge in [-0.05, 0) is 61.7 Å². The normalized spacial score (nSPS) is 23.8. The summed E-state index contributed by atoms with van der Waals surface area (Å²) in [7, 11) is 0. The third-order valence-electron chi connectivity index (χ3n) is 6.76. The second kappa shape index (κ2) is 11.2. The van der Waals surface area contributed by atoms with Crippen LogP contribution < -0.4 is 4.74 Å². The molecule has 0 saturated carbocycles. The molecule has 0 radical (unpaired) electrons. The molecule has 2 aromatic rings. The molecule has 35 heavy (non-hydrogen) atoms. The zero-order valence-electron chi connectivity index (χ0n) is 19.5. The summed E-state index contributed by atoms with van der Waals surface area (Å²) >= 11 is 0. The van der Waals surface area contributed by atoms with Gasteiger partial charge in [-0.15, -0.1) is 0 Å². The smallest absolute Gasteiger partial charge is 0.186 e. The number of ether oxygens (including phenoxy) is 1. The fourth-order valence-electron chi connectivity index (χ4n) is 4.85. The SMILES string of the molecule is O=C(C(O)c1ccccc1)C1(c2ccc(OCCCN3CCCCC3)cc2)C(F)=CC(F)=CC1F. The van der Waals surface area contributed by atoms with Gasteiger partial charge in [-0.25, -0.2) is 13.2 Å². The number of likely N-dealkylation sites (tertiary alicyclic amines) is 1. The second-order valence-corrected chi connectivity index (χ2v) is 9.06. The molecule has 0 amide bonds. The largest absolute Gasteiger partial charge is 0.494 e. The van der Waals surface area contributed by atoms with Gasteiger partial charge < -0.3 is 14.7 Å². The number of ketones is 1. The number of alkyl halides is 1. The zero-order valence-corrected chi connectivity index (χ0v) is 19.5. The maximum Gasteiger partial charge on any atom is 0.186 e. The van der Waals surface area contributed by atoms with Crippen molar-refractivity contribution in [1.82, 2.24) is 4.90 Å². The number of rotatable bonds is 9. The number of carbonyl (C=O) groups is 1. The molecule has 186 valence electrons. The van der Waals surface area contributed by atoms with Crippen LogP contribution in [0, 0.1) is 0 Å². The van der Waals surface area contributed by atoms with Gasteiger partial charge in [0.15, 0.2) is 5.78 Å². The van der Waals surface area contributed by atoms with Crippen LogP contribution in [-0.2, 0) is 10.2 Å². The Morgan fingerprint density at radius 1 is 1.06 bits per heavy atom. The molecule has 1 aliphatic carbocycles. The Balaban J connectivity index is 1.53. The molecule has 1 aliphatic heterocycles. The van der Waals surface area contributed by atoms with Crippen LogP contribution in [0.1, 0.15) is 42.9 Å².